The van der Waals surface area contributed by atoms with Gasteiger partial charge >= 0.3 is 12.4 Å². The lowest BCUT2D eigenvalue weighted by atomic mass is 10.0. The maximum absolute atomic E-state index is 14.4. The summed E-state index contributed by atoms with van der Waals surface area (Å²) in [6.45, 7) is -0.614. The molecule has 3 amide bonds. The number of hydrogen-bond acceptors (Lipinski definition) is 6. The highest BCUT2D eigenvalue weighted by Gasteiger charge is 2.38. The minimum Gasteiger partial charge on any atom is -0.495 e. The van der Waals surface area contributed by atoms with Gasteiger partial charge in [0.15, 0.2) is 17.4 Å². The largest absolute Gasteiger partial charge is 0.573 e. The highest BCUT2D eigenvalue weighted by molar-refractivity contribution is 6.10. The van der Waals surface area contributed by atoms with E-state index in [4.69, 9.17) is 15.2 Å². The summed E-state index contributed by atoms with van der Waals surface area (Å²) in [7, 11) is 2.70. The average molecular weight is 458 g/mol. The van der Waals surface area contributed by atoms with Crippen LogP contribution in [0.15, 0.2) is 30.5 Å². The fourth-order valence-electron chi connectivity index (χ4n) is 3.28. The number of alkyl halides is 3. The molecular weight excluding hydrogens is 440 g/mol. The number of primary amides is 1. The Kier molecular flexibility index (Phi) is 6.39. The van der Waals surface area contributed by atoms with Gasteiger partial charge in [-0.25, -0.2) is 14.2 Å². The second-order valence-corrected chi connectivity index (χ2v) is 6.61. The number of methoxy groups -OCH3 is 2. The fourth-order valence-corrected chi connectivity index (χ4v) is 3.28. The molecule has 1 atom stereocenters. The van der Waals surface area contributed by atoms with E-state index in [9.17, 15) is 27.2 Å². The molecule has 0 radical (unpaired) electrons. The van der Waals surface area contributed by atoms with Crippen LogP contribution in [0.25, 0.3) is 0 Å². The van der Waals surface area contributed by atoms with Crippen LogP contribution < -0.4 is 25.0 Å². The summed E-state index contributed by atoms with van der Waals surface area (Å²) >= 11 is 0. The number of carbonyl (C=O) groups is 2. The van der Waals surface area contributed by atoms with Crippen LogP contribution >= 0.6 is 0 Å². The van der Waals surface area contributed by atoms with Gasteiger partial charge < -0.3 is 19.9 Å². The van der Waals surface area contributed by atoms with Gasteiger partial charge in [0.2, 0.25) is 5.91 Å². The number of urea groups is 1. The van der Waals surface area contributed by atoms with Crippen molar-refractivity contribution in [2.24, 2.45) is 5.73 Å². The van der Waals surface area contributed by atoms with E-state index >= 15 is 0 Å². The third kappa shape index (κ3) is 4.66. The molecule has 1 aliphatic heterocycles. The van der Waals surface area contributed by atoms with Gasteiger partial charge in [-0.1, -0.05) is 6.07 Å². The van der Waals surface area contributed by atoms with Crippen molar-refractivity contribution in [3.05, 3.63) is 41.8 Å². The molecule has 9 nitrogen and oxygen atoms in total. The van der Waals surface area contributed by atoms with Gasteiger partial charge in [-0.05, 0) is 17.7 Å². The monoisotopic (exact) mass is 458 g/mol. The van der Waals surface area contributed by atoms with Gasteiger partial charge in [-0.3, -0.25) is 14.6 Å². The second kappa shape index (κ2) is 8.86. The molecule has 1 aromatic carbocycles. The van der Waals surface area contributed by atoms with Crippen molar-refractivity contribution in [1.82, 2.24) is 4.98 Å². The van der Waals surface area contributed by atoms with Crippen molar-refractivity contribution >= 4 is 23.4 Å². The van der Waals surface area contributed by atoms with Crippen molar-refractivity contribution in [2.75, 3.05) is 37.2 Å². The molecule has 3 rings (SSSR count). The number of fused-ring (bicyclic) bond motifs is 1. The standard InChI is InChI=1S/C19H18F4N4O5/c1-30-9-14(10-3-4-15(12(20)5-10)32-19(21,22)23)27-13-6-11(31-2)7-25-17(13)26(18(24)29)8-16(27)28/h3-7,14H,8-9H2,1-2H3,(H2,24,29). The Morgan fingerprint density at radius 3 is 2.56 bits per heavy atom. The molecule has 172 valence electrons. The first kappa shape index (κ1) is 23.1. The summed E-state index contributed by atoms with van der Waals surface area (Å²) in [5, 5.41) is 0. The molecule has 2 heterocycles. The normalized spacial score (nSPS) is 14.8. The lowest BCUT2D eigenvalue weighted by Gasteiger charge is -2.39. The van der Waals surface area contributed by atoms with Crippen molar-refractivity contribution in [3.8, 4) is 11.5 Å². The number of halogens is 4. The zero-order chi connectivity index (χ0) is 23.6. The van der Waals surface area contributed by atoms with Gasteiger partial charge in [0, 0.05) is 13.2 Å². The van der Waals surface area contributed by atoms with E-state index in [0.29, 0.717) is 0 Å². The Morgan fingerprint density at radius 2 is 2.00 bits per heavy atom. The molecule has 1 aromatic heterocycles. The van der Waals surface area contributed by atoms with E-state index in [1.54, 1.807) is 0 Å². The summed E-state index contributed by atoms with van der Waals surface area (Å²) in [6, 6.07) is 2.32. The lowest BCUT2D eigenvalue weighted by Crippen LogP contribution is -2.52. The number of aromatic nitrogens is 1. The summed E-state index contributed by atoms with van der Waals surface area (Å²) < 4.78 is 65.7. The zero-order valence-electron chi connectivity index (χ0n) is 16.9. The average Bonchev–Trinajstić information content (AvgIpc) is 2.72. The van der Waals surface area contributed by atoms with Crippen LogP contribution in [0.5, 0.6) is 11.5 Å². The predicted octanol–water partition coefficient (Wildman–Crippen LogP) is 2.75. The first-order valence-electron chi connectivity index (χ1n) is 9.03. The van der Waals surface area contributed by atoms with Gasteiger partial charge in [0.1, 0.15) is 12.3 Å². The van der Waals surface area contributed by atoms with E-state index in [1.807, 2.05) is 0 Å². The van der Waals surface area contributed by atoms with Gasteiger partial charge in [0.05, 0.1) is 31.6 Å². The SMILES string of the molecule is COCC(c1ccc(OC(F)(F)F)c(F)c1)N1C(=O)CN(C(N)=O)c2ncc(OC)cc21. The highest BCUT2D eigenvalue weighted by Crippen LogP contribution is 2.40. The van der Waals surface area contributed by atoms with E-state index < -0.39 is 42.5 Å². The Labute approximate surface area is 179 Å². The molecule has 0 bridgehead atoms. The minimum absolute atomic E-state index is 0.0523. The summed E-state index contributed by atoms with van der Waals surface area (Å²) in [5.74, 6) is -2.61. The molecule has 1 aliphatic rings. The molecule has 2 N–H and O–H groups in total. The maximum atomic E-state index is 14.4. The Balaban J connectivity index is 2.09. The number of benzene rings is 1. The van der Waals surface area contributed by atoms with Crippen molar-refractivity contribution < 1.29 is 41.4 Å². The molecule has 2 aromatic rings. The Bertz CT molecular complexity index is 1030. The van der Waals surface area contributed by atoms with Gasteiger partial charge in [-0.2, -0.15) is 0 Å². The van der Waals surface area contributed by atoms with Crippen LogP contribution in [-0.2, 0) is 9.53 Å². The lowest BCUT2D eigenvalue weighted by molar-refractivity contribution is -0.275. The fraction of sp³-hybridized carbons (Fsp3) is 0.316. The number of anilines is 2. The quantitative estimate of drug-likeness (QED) is 0.668. The van der Waals surface area contributed by atoms with Crippen LogP contribution in [0.4, 0.5) is 33.9 Å². The van der Waals surface area contributed by atoms with Gasteiger partial charge in [0.25, 0.3) is 0 Å². The number of nitrogens with two attached hydrogens (primary N) is 1. The van der Waals surface area contributed by atoms with E-state index in [0.717, 1.165) is 17.0 Å². The number of carbonyl (C=O) groups excluding carboxylic acids is 2. The molecule has 0 aliphatic carbocycles. The third-order valence-electron chi connectivity index (χ3n) is 4.60. The van der Waals surface area contributed by atoms with Crippen molar-refractivity contribution in [2.45, 2.75) is 12.4 Å². The zero-order valence-corrected chi connectivity index (χ0v) is 16.9. The van der Waals surface area contributed by atoms with Crippen molar-refractivity contribution in [3.63, 3.8) is 0 Å². The van der Waals surface area contributed by atoms with Gasteiger partial charge in [-0.15, -0.1) is 13.2 Å². The van der Waals surface area contributed by atoms with E-state index in [2.05, 4.69) is 9.72 Å². The molecular formula is C19H18F4N4O5. The van der Waals surface area contributed by atoms with E-state index in [-0.39, 0.29) is 29.4 Å². The maximum Gasteiger partial charge on any atom is 0.573 e. The third-order valence-corrected chi connectivity index (χ3v) is 4.60. The Hall–Kier alpha value is -3.61. The second-order valence-electron chi connectivity index (χ2n) is 6.61. The smallest absolute Gasteiger partial charge is 0.495 e. The van der Waals surface area contributed by atoms with Crippen LogP contribution in [0, 0.1) is 5.82 Å². The summed E-state index contributed by atoms with van der Waals surface area (Å²) in [4.78, 5) is 31.1. The first-order chi connectivity index (χ1) is 15.1. The molecule has 0 fully saturated rings. The molecule has 13 heteroatoms. The van der Waals surface area contributed by atoms with Crippen LogP contribution in [-0.4, -0.2) is 50.7 Å². The number of amides is 3. The van der Waals surface area contributed by atoms with E-state index in [1.165, 1.54) is 37.4 Å². The molecule has 0 spiro atoms. The highest BCUT2D eigenvalue weighted by atomic mass is 19.4. The number of hydrogen-bond donors (Lipinski definition) is 1. The topological polar surface area (TPSA) is 107 Å². The Morgan fingerprint density at radius 1 is 1.28 bits per heavy atom. The van der Waals surface area contributed by atoms with Crippen LogP contribution in [0.3, 0.4) is 0 Å². The molecule has 0 saturated carbocycles. The van der Waals surface area contributed by atoms with Crippen molar-refractivity contribution in [1.29, 1.82) is 0 Å². The van der Waals surface area contributed by atoms with Crippen LogP contribution in [0.1, 0.15) is 11.6 Å². The summed E-state index contributed by atoms with van der Waals surface area (Å²) in [6.07, 6.45) is -3.76. The molecule has 1 unspecified atom stereocenters. The number of rotatable bonds is 6. The predicted molar refractivity (Wildman–Crippen MR) is 103 cm³/mol. The molecule has 0 saturated heterocycles. The first-order valence-corrected chi connectivity index (χ1v) is 9.03. The number of nitrogens with zero attached hydrogens (tertiary/aromatic N) is 3. The number of ether oxygens (including phenoxy) is 3. The summed E-state index contributed by atoms with van der Waals surface area (Å²) in [5.41, 5.74) is 5.60. The number of pyridine rings is 1. The molecule has 32 heavy (non-hydrogen) atoms. The minimum atomic E-state index is -5.07. The van der Waals surface area contributed by atoms with Crippen LogP contribution in [0.2, 0.25) is 0 Å².